The minimum absolute atomic E-state index is 0.325. The Morgan fingerprint density at radius 1 is 1.41 bits per heavy atom. The minimum Gasteiger partial charge on any atom is -0.316 e. The SMILES string of the molecule is CC(C)Cn1cnnc1C1CCCN1Cc1ccncc1Cl. The van der Waals surface area contributed by atoms with Crippen LogP contribution in [0.25, 0.3) is 0 Å². The summed E-state index contributed by atoms with van der Waals surface area (Å²) in [6.07, 6.45) is 7.67. The van der Waals surface area contributed by atoms with E-state index in [0.717, 1.165) is 42.5 Å². The average Bonchev–Trinajstić information content (AvgIpc) is 3.09. The molecule has 0 aliphatic carbocycles. The summed E-state index contributed by atoms with van der Waals surface area (Å²) in [4.78, 5) is 6.50. The summed E-state index contributed by atoms with van der Waals surface area (Å²) < 4.78 is 2.20. The molecule has 1 atom stereocenters. The molecule has 3 heterocycles. The van der Waals surface area contributed by atoms with E-state index in [1.54, 1.807) is 12.4 Å². The first-order valence-corrected chi connectivity index (χ1v) is 8.23. The molecule has 0 saturated carbocycles. The van der Waals surface area contributed by atoms with Crippen LogP contribution in [0.1, 0.15) is 44.1 Å². The van der Waals surface area contributed by atoms with Gasteiger partial charge in [-0.05, 0) is 36.9 Å². The van der Waals surface area contributed by atoms with Crippen molar-refractivity contribution in [2.75, 3.05) is 6.54 Å². The number of pyridine rings is 1. The van der Waals surface area contributed by atoms with E-state index >= 15 is 0 Å². The lowest BCUT2D eigenvalue weighted by Crippen LogP contribution is -2.26. The zero-order valence-corrected chi connectivity index (χ0v) is 13.9. The lowest BCUT2D eigenvalue weighted by molar-refractivity contribution is 0.233. The Balaban J connectivity index is 1.79. The predicted molar refractivity (Wildman–Crippen MR) is 86.5 cm³/mol. The van der Waals surface area contributed by atoms with E-state index in [2.05, 4.69) is 38.5 Å². The summed E-state index contributed by atoms with van der Waals surface area (Å²) in [5.74, 6) is 1.66. The van der Waals surface area contributed by atoms with E-state index < -0.39 is 0 Å². The van der Waals surface area contributed by atoms with Crippen molar-refractivity contribution in [3.05, 3.63) is 41.2 Å². The van der Waals surface area contributed by atoms with Crippen LogP contribution in [0.5, 0.6) is 0 Å². The van der Waals surface area contributed by atoms with E-state index in [9.17, 15) is 0 Å². The van der Waals surface area contributed by atoms with Gasteiger partial charge in [-0.2, -0.15) is 0 Å². The van der Waals surface area contributed by atoms with Crippen molar-refractivity contribution in [2.24, 2.45) is 5.92 Å². The van der Waals surface area contributed by atoms with Crippen molar-refractivity contribution in [3.8, 4) is 0 Å². The molecule has 0 spiro atoms. The molecule has 22 heavy (non-hydrogen) atoms. The first-order valence-electron chi connectivity index (χ1n) is 7.85. The molecular formula is C16H22ClN5. The lowest BCUT2D eigenvalue weighted by atomic mass is 10.1. The number of rotatable bonds is 5. The molecule has 118 valence electrons. The number of nitrogens with zero attached hydrogens (tertiary/aromatic N) is 5. The summed E-state index contributed by atoms with van der Waals surface area (Å²) in [6, 6.07) is 2.32. The third-order valence-electron chi connectivity index (χ3n) is 4.10. The molecular weight excluding hydrogens is 298 g/mol. The molecule has 0 radical (unpaired) electrons. The largest absolute Gasteiger partial charge is 0.316 e. The van der Waals surface area contributed by atoms with Crippen LogP contribution in [0, 0.1) is 5.92 Å². The van der Waals surface area contributed by atoms with Crippen LogP contribution >= 0.6 is 11.6 Å². The zero-order chi connectivity index (χ0) is 15.5. The molecule has 2 aromatic heterocycles. The second-order valence-electron chi connectivity index (χ2n) is 6.33. The Labute approximate surface area is 136 Å². The van der Waals surface area contributed by atoms with Gasteiger partial charge in [0.25, 0.3) is 0 Å². The van der Waals surface area contributed by atoms with Gasteiger partial charge in [-0.1, -0.05) is 25.4 Å². The molecule has 0 aromatic carbocycles. The molecule has 1 aliphatic heterocycles. The lowest BCUT2D eigenvalue weighted by Gasteiger charge is -2.25. The quantitative estimate of drug-likeness (QED) is 0.848. The predicted octanol–water partition coefficient (Wildman–Crippen LogP) is 3.32. The first-order chi connectivity index (χ1) is 10.6. The van der Waals surface area contributed by atoms with Crippen molar-refractivity contribution >= 4 is 11.6 Å². The molecule has 1 fully saturated rings. The molecule has 6 heteroatoms. The van der Waals surface area contributed by atoms with Gasteiger partial charge in [0, 0.05) is 25.5 Å². The number of likely N-dealkylation sites (tertiary alicyclic amines) is 1. The number of hydrogen-bond acceptors (Lipinski definition) is 4. The second kappa shape index (κ2) is 6.75. The van der Waals surface area contributed by atoms with Gasteiger partial charge in [0.05, 0.1) is 11.1 Å². The zero-order valence-electron chi connectivity index (χ0n) is 13.1. The van der Waals surface area contributed by atoms with Gasteiger partial charge in [-0.15, -0.1) is 10.2 Å². The van der Waals surface area contributed by atoms with Crippen molar-refractivity contribution in [1.29, 1.82) is 0 Å². The highest BCUT2D eigenvalue weighted by atomic mass is 35.5. The molecule has 1 saturated heterocycles. The highest BCUT2D eigenvalue weighted by Gasteiger charge is 2.30. The Bertz CT molecular complexity index is 625. The topological polar surface area (TPSA) is 46.8 Å². The molecule has 1 unspecified atom stereocenters. The Kier molecular flexibility index (Phi) is 4.74. The highest BCUT2D eigenvalue weighted by Crippen LogP contribution is 2.33. The number of aromatic nitrogens is 4. The fourth-order valence-electron chi connectivity index (χ4n) is 3.11. The maximum atomic E-state index is 6.25. The summed E-state index contributed by atoms with van der Waals surface area (Å²) in [7, 11) is 0. The monoisotopic (exact) mass is 319 g/mol. The summed E-state index contributed by atoms with van der Waals surface area (Å²) in [5, 5.41) is 9.25. The number of halogens is 1. The van der Waals surface area contributed by atoms with Crippen molar-refractivity contribution < 1.29 is 0 Å². The third kappa shape index (κ3) is 3.31. The van der Waals surface area contributed by atoms with Gasteiger partial charge in [-0.25, -0.2) is 0 Å². The standard InChI is InChI=1S/C16H22ClN5/c1-12(2)9-22-11-19-20-16(22)15-4-3-7-21(15)10-13-5-6-18-8-14(13)17/h5-6,8,11-12,15H,3-4,7,9-10H2,1-2H3. The van der Waals surface area contributed by atoms with Gasteiger partial charge < -0.3 is 4.57 Å². The van der Waals surface area contributed by atoms with E-state index in [1.165, 1.54) is 6.42 Å². The van der Waals surface area contributed by atoms with E-state index in [4.69, 9.17) is 11.6 Å². The maximum Gasteiger partial charge on any atom is 0.150 e. The van der Waals surface area contributed by atoms with Crippen molar-refractivity contribution in [1.82, 2.24) is 24.6 Å². The van der Waals surface area contributed by atoms with Crippen LogP contribution in [0.4, 0.5) is 0 Å². The van der Waals surface area contributed by atoms with Crippen LogP contribution in [0.3, 0.4) is 0 Å². The summed E-state index contributed by atoms with van der Waals surface area (Å²) in [5.41, 5.74) is 1.12. The summed E-state index contributed by atoms with van der Waals surface area (Å²) in [6.45, 7) is 7.29. The third-order valence-corrected chi connectivity index (χ3v) is 4.44. The summed E-state index contributed by atoms with van der Waals surface area (Å²) >= 11 is 6.25. The van der Waals surface area contributed by atoms with E-state index in [-0.39, 0.29) is 0 Å². The molecule has 0 amide bonds. The molecule has 1 aliphatic rings. The van der Waals surface area contributed by atoms with Crippen LogP contribution in [0.15, 0.2) is 24.8 Å². The normalized spacial score (nSPS) is 19.2. The molecule has 5 nitrogen and oxygen atoms in total. The van der Waals surface area contributed by atoms with Gasteiger partial charge in [0.15, 0.2) is 0 Å². The molecule has 0 bridgehead atoms. The van der Waals surface area contributed by atoms with E-state index in [1.807, 2.05) is 12.4 Å². The van der Waals surface area contributed by atoms with E-state index in [0.29, 0.717) is 12.0 Å². The Morgan fingerprint density at radius 3 is 3.05 bits per heavy atom. The molecule has 3 rings (SSSR count). The number of hydrogen-bond donors (Lipinski definition) is 0. The highest BCUT2D eigenvalue weighted by molar-refractivity contribution is 6.31. The van der Waals surface area contributed by atoms with Gasteiger partial charge in [0.1, 0.15) is 12.2 Å². The van der Waals surface area contributed by atoms with Crippen molar-refractivity contribution in [3.63, 3.8) is 0 Å². The smallest absolute Gasteiger partial charge is 0.150 e. The first kappa shape index (κ1) is 15.4. The fourth-order valence-corrected chi connectivity index (χ4v) is 3.29. The van der Waals surface area contributed by atoms with Gasteiger partial charge in [-0.3, -0.25) is 9.88 Å². The van der Waals surface area contributed by atoms with Crippen LogP contribution in [-0.4, -0.2) is 31.2 Å². The van der Waals surface area contributed by atoms with Crippen LogP contribution in [-0.2, 0) is 13.1 Å². The minimum atomic E-state index is 0.325. The fraction of sp³-hybridized carbons (Fsp3) is 0.562. The average molecular weight is 320 g/mol. The van der Waals surface area contributed by atoms with Crippen molar-refractivity contribution in [2.45, 2.75) is 45.8 Å². The Hall–Kier alpha value is -1.46. The van der Waals surface area contributed by atoms with Gasteiger partial charge in [0.2, 0.25) is 0 Å². The van der Waals surface area contributed by atoms with Gasteiger partial charge >= 0.3 is 0 Å². The Morgan fingerprint density at radius 2 is 2.27 bits per heavy atom. The van der Waals surface area contributed by atoms with Crippen LogP contribution in [0.2, 0.25) is 5.02 Å². The maximum absolute atomic E-state index is 6.25. The second-order valence-corrected chi connectivity index (χ2v) is 6.74. The van der Waals surface area contributed by atoms with Crippen LogP contribution < -0.4 is 0 Å². The molecule has 0 N–H and O–H groups in total. The molecule has 2 aromatic rings.